The predicted octanol–water partition coefficient (Wildman–Crippen LogP) is 4.48. The first-order valence-electron chi connectivity index (χ1n) is 6.91. The van der Waals surface area contributed by atoms with Crippen molar-refractivity contribution >= 4 is 28.8 Å². The van der Waals surface area contributed by atoms with E-state index in [1.165, 1.54) is 6.20 Å². The van der Waals surface area contributed by atoms with Crippen LogP contribution in [0.5, 0.6) is 5.75 Å². The van der Waals surface area contributed by atoms with Crippen LogP contribution in [0.25, 0.3) is 5.57 Å². The summed E-state index contributed by atoms with van der Waals surface area (Å²) < 4.78 is 6.72. The van der Waals surface area contributed by atoms with E-state index in [0.717, 1.165) is 10.3 Å². The van der Waals surface area contributed by atoms with E-state index in [9.17, 15) is 5.21 Å². The number of benzene rings is 1. The van der Waals surface area contributed by atoms with E-state index in [2.05, 4.69) is 0 Å². The molecule has 0 amide bonds. The average Bonchev–Trinajstić information content (AvgIpc) is 2.56. The number of rotatable bonds is 1. The van der Waals surface area contributed by atoms with Gasteiger partial charge in [0.05, 0.1) is 17.2 Å². The van der Waals surface area contributed by atoms with Gasteiger partial charge < -0.3 is 9.94 Å². The van der Waals surface area contributed by atoms with Crippen molar-refractivity contribution in [2.24, 2.45) is 5.41 Å². The standard InChI is InChI=1S/C17H15Cl2NO2/c1-17(2)9-12(14-5-3-4-6-20(14)21)16-13(19)7-11(18)8-15(16)22-10-17/h3-9H,10H2,1-2H3. The van der Waals surface area contributed by atoms with E-state index < -0.39 is 0 Å². The van der Waals surface area contributed by atoms with Crippen LogP contribution in [0.2, 0.25) is 10.0 Å². The van der Waals surface area contributed by atoms with E-state index in [1.54, 1.807) is 24.3 Å². The molecule has 0 spiro atoms. The first kappa shape index (κ1) is 15.2. The molecular formula is C17H15Cl2NO2. The minimum Gasteiger partial charge on any atom is -0.618 e. The summed E-state index contributed by atoms with van der Waals surface area (Å²) in [5.41, 5.74) is 1.75. The van der Waals surface area contributed by atoms with Gasteiger partial charge in [-0.15, -0.1) is 0 Å². The third kappa shape index (κ3) is 2.79. The molecule has 5 heteroatoms. The minimum atomic E-state index is -0.243. The van der Waals surface area contributed by atoms with Crippen LogP contribution < -0.4 is 9.47 Å². The Morgan fingerprint density at radius 2 is 2.00 bits per heavy atom. The Morgan fingerprint density at radius 3 is 2.73 bits per heavy atom. The van der Waals surface area contributed by atoms with Crippen molar-refractivity contribution in [3.05, 3.63) is 69.1 Å². The van der Waals surface area contributed by atoms with Gasteiger partial charge in [-0.1, -0.05) is 43.1 Å². The smallest absolute Gasteiger partial charge is 0.224 e. The Kier molecular flexibility index (Phi) is 3.79. The second-order valence-corrected chi connectivity index (χ2v) is 6.85. The molecule has 0 saturated heterocycles. The Balaban J connectivity index is 2.31. The van der Waals surface area contributed by atoms with Gasteiger partial charge >= 0.3 is 0 Å². The van der Waals surface area contributed by atoms with Gasteiger partial charge in [-0.25, -0.2) is 0 Å². The van der Waals surface area contributed by atoms with Crippen LogP contribution in [0.15, 0.2) is 42.6 Å². The number of aromatic nitrogens is 1. The maximum Gasteiger partial charge on any atom is 0.224 e. The quantitative estimate of drug-likeness (QED) is 0.569. The summed E-state index contributed by atoms with van der Waals surface area (Å²) in [5, 5.41) is 13.2. The molecule has 0 bridgehead atoms. The molecule has 2 heterocycles. The van der Waals surface area contributed by atoms with Gasteiger partial charge in [0.15, 0.2) is 6.20 Å². The third-order valence-electron chi connectivity index (χ3n) is 3.52. The van der Waals surface area contributed by atoms with Crippen LogP contribution >= 0.6 is 23.2 Å². The zero-order valence-corrected chi connectivity index (χ0v) is 13.8. The van der Waals surface area contributed by atoms with E-state index >= 15 is 0 Å². The number of hydrogen-bond acceptors (Lipinski definition) is 2. The molecule has 3 nitrogen and oxygen atoms in total. The molecule has 0 aliphatic carbocycles. The molecule has 1 aliphatic rings. The molecule has 0 unspecified atom stereocenters. The van der Waals surface area contributed by atoms with Gasteiger partial charge in [0.2, 0.25) is 5.69 Å². The molecule has 1 aromatic heterocycles. The molecule has 22 heavy (non-hydrogen) atoms. The molecule has 0 radical (unpaired) electrons. The largest absolute Gasteiger partial charge is 0.618 e. The fourth-order valence-electron chi connectivity index (χ4n) is 2.53. The van der Waals surface area contributed by atoms with Gasteiger partial charge in [-0.3, -0.25) is 0 Å². The zero-order chi connectivity index (χ0) is 15.9. The normalized spacial score (nSPS) is 16.3. The second-order valence-electron chi connectivity index (χ2n) is 6.01. The van der Waals surface area contributed by atoms with E-state index in [1.807, 2.05) is 26.0 Å². The van der Waals surface area contributed by atoms with Gasteiger partial charge in [0.25, 0.3) is 0 Å². The van der Waals surface area contributed by atoms with Crippen molar-refractivity contribution in [3.8, 4) is 5.75 Å². The fraction of sp³-hybridized carbons (Fsp3) is 0.235. The van der Waals surface area contributed by atoms with Crippen molar-refractivity contribution in [2.45, 2.75) is 13.8 Å². The Labute approximate surface area is 139 Å². The van der Waals surface area contributed by atoms with Crippen molar-refractivity contribution in [1.82, 2.24) is 0 Å². The van der Waals surface area contributed by atoms with Crippen LogP contribution in [0.1, 0.15) is 25.1 Å². The maximum absolute atomic E-state index is 12.2. The summed E-state index contributed by atoms with van der Waals surface area (Å²) in [6, 6.07) is 8.69. The molecule has 0 fully saturated rings. The van der Waals surface area contributed by atoms with Gasteiger partial charge in [-0.05, 0) is 18.2 Å². The number of ether oxygens (including phenoxy) is 1. The molecular weight excluding hydrogens is 321 g/mol. The number of pyridine rings is 1. The maximum atomic E-state index is 12.2. The van der Waals surface area contributed by atoms with Crippen molar-refractivity contribution in [3.63, 3.8) is 0 Å². The summed E-state index contributed by atoms with van der Waals surface area (Å²) in [6.45, 7) is 4.57. The third-order valence-corrected chi connectivity index (χ3v) is 4.04. The molecule has 3 rings (SSSR count). The SMILES string of the molecule is CC1(C)C=C(c2cccc[n+]2[O-])c2c(Cl)cc(Cl)cc2OC1. The molecule has 2 aromatic rings. The molecule has 0 atom stereocenters. The lowest BCUT2D eigenvalue weighted by Gasteiger charge is -2.18. The van der Waals surface area contributed by atoms with Crippen LogP contribution in [0, 0.1) is 10.6 Å². The zero-order valence-electron chi connectivity index (χ0n) is 12.3. The monoisotopic (exact) mass is 335 g/mol. The first-order valence-corrected chi connectivity index (χ1v) is 7.67. The summed E-state index contributed by atoms with van der Waals surface area (Å²) in [5.74, 6) is 0.596. The molecule has 0 saturated carbocycles. The Bertz CT molecular complexity index is 769. The Hall–Kier alpha value is -1.71. The highest BCUT2D eigenvalue weighted by molar-refractivity contribution is 6.36. The van der Waals surface area contributed by atoms with E-state index in [-0.39, 0.29) is 5.41 Å². The van der Waals surface area contributed by atoms with Crippen LogP contribution in [-0.2, 0) is 0 Å². The average molecular weight is 336 g/mol. The molecule has 1 aromatic carbocycles. The second kappa shape index (κ2) is 5.49. The lowest BCUT2D eigenvalue weighted by Crippen LogP contribution is -2.30. The highest BCUT2D eigenvalue weighted by Crippen LogP contribution is 2.42. The van der Waals surface area contributed by atoms with E-state index in [0.29, 0.717) is 33.7 Å². The van der Waals surface area contributed by atoms with Gasteiger partial charge in [0.1, 0.15) is 5.75 Å². The predicted molar refractivity (Wildman–Crippen MR) is 88.2 cm³/mol. The summed E-state index contributed by atoms with van der Waals surface area (Å²) in [6.07, 6.45) is 3.50. The highest BCUT2D eigenvalue weighted by Gasteiger charge is 2.29. The number of fused-ring (bicyclic) bond motifs is 1. The lowest BCUT2D eigenvalue weighted by atomic mass is 9.89. The molecule has 114 valence electrons. The molecule has 0 N–H and O–H groups in total. The topological polar surface area (TPSA) is 36.2 Å². The van der Waals surface area contributed by atoms with Crippen LogP contribution in [-0.4, -0.2) is 6.61 Å². The Morgan fingerprint density at radius 1 is 1.23 bits per heavy atom. The fourth-order valence-corrected chi connectivity index (χ4v) is 3.11. The number of nitrogens with zero attached hydrogens (tertiary/aromatic N) is 1. The van der Waals surface area contributed by atoms with Crippen LogP contribution in [0.4, 0.5) is 0 Å². The van der Waals surface area contributed by atoms with Crippen molar-refractivity contribution in [2.75, 3.05) is 6.61 Å². The van der Waals surface area contributed by atoms with Crippen LogP contribution in [0.3, 0.4) is 0 Å². The van der Waals surface area contributed by atoms with E-state index in [4.69, 9.17) is 27.9 Å². The molecule has 1 aliphatic heterocycles. The van der Waals surface area contributed by atoms with Gasteiger partial charge in [-0.2, -0.15) is 4.73 Å². The summed E-state index contributed by atoms with van der Waals surface area (Å²) in [4.78, 5) is 0. The summed E-state index contributed by atoms with van der Waals surface area (Å²) in [7, 11) is 0. The highest BCUT2D eigenvalue weighted by atomic mass is 35.5. The van der Waals surface area contributed by atoms with Crippen molar-refractivity contribution in [1.29, 1.82) is 0 Å². The lowest BCUT2D eigenvalue weighted by molar-refractivity contribution is -0.607. The van der Waals surface area contributed by atoms with Crippen molar-refractivity contribution < 1.29 is 9.47 Å². The first-order chi connectivity index (χ1) is 10.4. The minimum absolute atomic E-state index is 0.243. The van der Waals surface area contributed by atoms with Gasteiger partial charge in [0, 0.05) is 28.1 Å². The summed E-state index contributed by atoms with van der Waals surface area (Å²) >= 11 is 12.5. The number of halogens is 2. The number of hydrogen-bond donors (Lipinski definition) is 0.